The Morgan fingerprint density at radius 2 is 1.50 bits per heavy atom. The van der Waals surface area contributed by atoms with Gasteiger partial charge in [0.25, 0.3) is 0 Å². The van der Waals surface area contributed by atoms with Crippen LogP contribution in [-0.4, -0.2) is 156 Å². The van der Waals surface area contributed by atoms with Crippen molar-refractivity contribution in [2.45, 2.75) is 107 Å². The Bertz CT molecular complexity index is 2090. The third-order valence-corrected chi connectivity index (χ3v) is 11.0. The van der Waals surface area contributed by atoms with E-state index < -0.39 is 95.9 Å². The first-order chi connectivity index (χ1) is 32.5. The van der Waals surface area contributed by atoms with E-state index in [4.69, 9.17) is 34.4 Å². The van der Waals surface area contributed by atoms with E-state index in [1.165, 1.54) is 11.0 Å². The summed E-state index contributed by atoms with van der Waals surface area (Å²) in [4.78, 5) is 115. The van der Waals surface area contributed by atoms with E-state index >= 15 is 0 Å². The lowest BCUT2D eigenvalue weighted by atomic mass is 10.0. The SMILES string of the molecule is NCCCC[C@H](NC(=O)[C@H](Cc1c[nH]c2ccccc12)NC(=O)[C@@H]1CCCN1C(=O)[C@@H](CCCN)NC(=O)CNC(=O)C(CCN)NC(=O)C[C@@H](O)CN)C(=O)N/C(=C\CCN=C(N)N)C(=O)O. The standard InChI is InChI=1S/C43H69N15O10/c44-15-4-3-10-29(38(63)56-32(42(67)68)12-6-18-50-43(48)49)55-39(64)33(20-25-23-51-28-9-2-1-8-27(25)28)57-40(65)34-13-7-19-58(34)41(66)31(11-5-16-45)54-36(61)24-52-37(62)30(14-17-46)53-35(60)21-26(59)22-47/h1-2,8-9,12,23,26,29-31,33-34,51,59H,3-7,10-11,13-22,24,44-47H2,(H,52,62)(H,53,60)(H,54,61)(H,55,64)(H,56,63)(H,57,65)(H,67,68)(H4,48,49,50)/b32-12-/t26-,29+,30?,31-,33+,34+/m1/s1. The number of rotatable bonds is 30. The maximum atomic E-state index is 14.3. The number of fused-ring (bicyclic) bond motifs is 1. The number of likely N-dealkylation sites (tertiary alicyclic amines) is 1. The van der Waals surface area contributed by atoms with Gasteiger partial charge in [0.1, 0.15) is 35.9 Å². The van der Waals surface area contributed by atoms with Gasteiger partial charge in [-0.05, 0) is 89.1 Å². The minimum Gasteiger partial charge on any atom is -0.477 e. The van der Waals surface area contributed by atoms with Crippen LogP contribution in [0.5, 0.6) is 0 Å². The molecule has 0 radical (unpaired) electrons. The summed E-state index contributed by atoms with van der Waals surface area (Å²) in [6, 6.07) is 1.36. The number of para-hydroxylation sites is 1. The van der Waals surface area contributed by atoms with Gasteiger partial charge in [0.2, 0.25) is 41.4 Å². The molecule has 3 rings (SSSR count). The fraction of sp³-hybridized carbons (Fsp3) is 0.558. The minimum absolute atomic E-state index is 0.0171. The normalized spacial score (nSPS) is 15.8. The van der Waals surface area contributed by atoms with Crippen LogP contribution in [0.4, 0.5) is 0 Å². The summed E-state index contributed by atoms with van der Waals surface area (Å²) < 4.78 is 0. The van der Waals surface area contributed by atoms with Gasteiger partial charge in [-0.15, -0.1) is 0 Å². The number of aliphatic imine (C=N–C) groups is 1. The molecule has 2 aromatic rings. The number of carboxylic acid groups (broad SMARTS) is 1. The Hall–Kier alpha value is -6.67. The fourth-order valence-corrected chi connectivity index (χ4v) is 7.45. The molecule has 376 valence electrons. The largest absolute Gasteiger partial charge is 0.477 e. The molecule has 1 aromatic carbocycles. The van der Waals surface area contributed by atoms with Crippen LogP contribution in [-0.2, 0) is 44.8 Å². The van der Waals surface area contributed by atoms with E-state index in [2.05, 4.69) is 41.9 Å². The lowest BCUT2D eigenvalue weighted by Crippen LogP contribution is -2.58. The van der Waals surface area contributed by atoms with Gasteiger partial charge < -0.3 is 86.4 Å². The highest BCUT2D eigenvalue weighted by atomic mass is 16.4. The van der Waals surface area contributed by atoms with Gasteiger partial charge in [-0.1, -0.05) is 24.3 Å². The number of nitrogens with two attached hydrogens (primary N) is 6. The number of aromatic amines is 1. The maximum Gasteiger partial charge on any atom is 0.352 e. The fourth-order valence-electron chi connectivity index (χ4n) is 7.45. The van der Waals surface area contributed by atoms with E-state index in [1.54, 1.807) is 6.20 Å². The molecule has 0 aliphatic carbocycles. The van der Waals surface area contributed by atoms with Crippen molar-refractivity contribution in [3.8, 4) is 0 Å². The van der Waals surface area contributed by atoms with Crippen LogP contribution < -0.4 is 66.3 Å². The number of aliphatic carboxylic acids is 1. The third kappa shape index (κ3) is 18.2. The highest BCUT2D eigenvalue weighted by Gasteiger charge is 2.39. The molecule has 21 N–H and O–H groups in total. The van der Waals surface area contributed by atoms with Crippen LogP contribution in [0.2, 0.25) is 0 Å². The van der Waals surface area contributed by atoms with Crippen molar-refractivity contribution < 1.29 is 48.6 Å². The van der Waals surface area contributed by atoms with Crippen molar-refractivity contribution in [2.75, 3.05) is 45.8 Å². The molecule has 25 nitrogen and oxygen atoms in total. The molecule has 68 heavy (non-hydrogen) atoms. The zero-order valence-corrected chi connectivity index (χ0v) is 38.2. The molecule has 1 fully saturated rings. The summed E-state index contributed by atoms with van der Waals surface area (Å²) in [7, 11) is 0. The lowest BCUT2D eigenvalue weighted by Gasteiger charge is -2.30. The monoisotopic (exact) mass is 956 g/mol. The van der Waals surface area contributed by atoms with E-state index in [0.717, 1.165) is 10.9 Å². The Morgan fingerprint density at radius 3 is 2.18 bits per heavy atom. The molecule has 7 amide bonds. The number of carbonyl (C=O) groups excluding carboxylic acids is 7. The number of unbranched alkanes of at least 4 members (excludes halogenated alkanes) is 1. The second-order valence-corrected chi connectivity index (χ2v) is 16.2. The Morgan fingerprint density at radius 1 is 0.809 bits per heavy atom. The van der Waals surface area contributed by atoms with Gasteiger partial charge in [0.15, 0.2) is 5.96 Å². The Balaban J connectivity index is 1.83. The predicted octanol–water partition coefficient (Wildman–Crippen LogP) is -4.57. The number of aliphatic hydroxyl groups excluding tert-OH is 1. The minimum atomic E-state index is -1.44. The highest BCUT2D eigenvalue weighted by Crippen LogP contribution is 2.22. The predicted molar refractivity (Wildman–Crippen MR) is 251 cm³/mol. The number of aliphatic hydroxyl groups is 1. The first-order valence-electron chi connectivity index (χ1n) is 22.6. The number of guanidine groups is 1. The quantitative estimate of drug-likeness (QED) is 0.0152. The number of nitrogens with zero attached hydrogens (tertiary/aromatic N) is 2. The van der Waals surface area contributed by atoms with Crippen molar-refractivity contribution in [3.63, 3.8) is 0 Å². The van der Waals surface area contributed by atoms with Gasteiger partial charge in [-0.3, -0.25) is 38.6 Å². The van der Waals surface area contributed by atoms with Gasteiger partial charge in [0.05, 0.1) is 19.1 Å². The third-order valence-electron chi connectivity index (χ3n) is 11.0. The summed E-state index contributed by atoms with van der Waals surface area (Å²) in [5.74, 6) is -6.64. The highest BCUT2D eigenvalue weighted by molar-refractivity contribution is 5.99. The lowest BCUT2D eigenvalue weighted by molar-refractivity contribution is -0.142. The number of aromatic nitrogens is 1. The number of hydrogen-bond acceptors (Lipinski definition) is 14. The van der Waals surface area contributed by atoms with E-state index in [9.17, 15) is 48.6 Å². The first-order valence-corrected chi connectivity index (χ1v) is 22.6. The number of carboxylic acids is 1. The summed E-state index contributed by atoms with van der Waals surface area (Å²) in [5.41, 5.74) is 34.1. The smallest absolute Gasteiger partial charge is 0.352 e. The Labute approximate surface area is 393 Å². The number of carbonyl (C=O) groups is 8. The Kier molecular flexibility index (Phi) is 23.9. The maximum absolute atomic E-state index is 14.3. The van der Waals surface area contributed by atoms with Gasteiger partial charge in [-0.25, -0.2) is 4.79 Å². The molecule has 6 atom stereocenters. The second-order valence-electron chi connectivity index (χ2n) is 16.2. The average molecular weight is 956 g/mol. The van der Waals surface area contributed by atoms with Crippen LogP contribution in [0, 0.1) is 0 Å². The molecule has 1 saturated heterocycles. The zero-order valence-electron chi connectivity index (χ0n) is 38.2. The van der Waals surface area contributed by atoms with Gasteiger partial charge in [0, 0.05) is 43.2 Å². The molecular weight excluding hydrogens is 887 g/mol. The van der Waals surface area contributed by atoms with Crippen LogP contribution in [0.25, 0.3) is 10.9 Å². The van der Waals surface area contributed by atoms with Crippen molar-refractivity contribution in [3.05, 3.63) is 47.8 Å². The molecule has 2 heterocycles. The molecule has 1 aliphatic heterocycles. The average Bonchev–Trinajstić information content (AvgIpc) is 3.97. The molecule has 1 aromatic heterocycles. The van der Waals surface area contributed by atoms with Crippen molar-refractivity contribution >= 4 is 64.2 Å². The van der Waals surface area contributed by atoms with Crippen molar-refractivity contribution in [1.29, 1.82) is 0 Å². The topological polar surface area (TPSA) is 437 Å². The summed E-state index contributed by atoms with van der Waals surface area (Å²) in [6.07, 6.45) is 3.44. The van der Waals surface area contributed by atoms with Crippen LogP contribution in [0.3, 0.4) is 0 Å². The summed E-state index contributed by atoms with van der Waals surface area (Å²) in [6.45, 7) is -0.0869. The molecule has 0 spiro atoms. The molecule has 0 saturated carbocycles. The summed E-state index contributed by atoms with van der Waals surface area (Å²) >= 11 is 0. The number of benzene rings is 1. The summed E-state index contributed by atoms with van der Waals surface area (Å²) in [5, 5.41) is 35.7. The van der Waals surface area contributed by atoms with Gasteiger partial charge in [-0.2, -0.15) is 0 Å². The van der Waals surface area contributed by atoms with Crippen molar-refractivity contribution in [1.82, 2.24) is 41.8 Å². The van der Waals surface area contributed by atoms with Crippen LogP contribution in [0.1, 0.15) is 69.8 Å². The zero-order chi connectivity index (χ0) is 50.2. The molecule has 1 unspecified atom stereocenters. The molecule has 25 heteroatoms. The molecule has 1 aliphatic rings. The van der Waals surface area contributed by atoms with Gasteiger partial charge >= 0.3 is 5.97 Å². The number of H-pyrrole nitrogens is 1. The van der Waals surface area contributed by atoms with E-state index in [-0.39, 0.29) is 90.2 Å². The molecule has 0 bridgehead atoms. The van der Waals surface area contributed by atoms with Crippen LogP contribution in [0.15, 0.2) is 47.2 Å². The molecular formula is C43H69N15O10. The first kappa shape index (κ1) is 55.7. The van der Waals surface area contributed by atoms with E-state index in [1.807, 2.05) is 24.3 Å². The second kappa shape index (κ2) is 29.2. The number of hydrogen-bond donors (Lipinski definition) is 15. The number of amides is 7. The van der Waals surface area contributed by atoms with Crippen LogP contribution >= 0.6 is 0 Å². The van der Waals surface area contributed by atoms with E-state index in [0.29, 0.717) is 31.2 Å². The van der Waals surface area contributed by atoms with Crippen molar-refractivity contribution in [2.24, 2.45) is 39.4 Å². The number of nitrogens with one attached hydrogen (secondary N) is 7.